The molecule has 0 spiro atoms. The van der Waals surface area contributed by atoms with Crippen LogP contribution in [0.15, 0.2) is 12.1 Å². The number of ether oxygens (including phenoxy) is 4. The summed E-state index contributed by atoms with van der Waals surface area (Å²) in [6.45, 7) is -1.25. The van der Waals surface area contributed by atoms with E-state index in [0.29, 0.717) is 23.8 Å². The molecule has 112 valence electrons. The first-order valence-corrected chi connectivity index (χ1v) is 5.84. The molecule has 5 nitrogen and oxygen atoms in total. The summed E-state index contributed by atoms with van der Waals surface area (Å²) in [5, 5.41) is 2.93. The lowest BCUT2D eigenvalue weighted by Crippen LogP contribution is -2.19. The average Bonchev–Trinajstić information content (AvgIpc) is 2.81. The lowest BCUT2D eigenvalue weighted by Gasteiger charge is -2.13. The summed E-state index contributed by atoms with van der Waals surface area (Å²) in [6.07, 6.45) is -4.37. The first-order valence-electron chi connectivity index (χ1n) is 5.84. The second-order valence-electron chi connectivity index (χ2n) is 4.07. The fraction of sp³-hybridized carbons (Fsp3) is 0.500. The number of fused-ring (bicyclic) bond motifs is 1. The highest BCUT2D eigenvalue weighted by atomic mass is 19.4. The molecule has 0 bridgehead atoms. The van der Waals surface area contributed by atoms with E-state index >= 15 is 0 Å². The Kier molecular flexibility index (Phi) is 4.56. The molecule has 2 rings (SSSR count). The summed E-state index contributed by atoms with van der Waals surface area (Å²) in [5.41, 5.74) is 0.743. The van der Waals surface area contributed by atoms with E-state index in [0.717, 1.165) is 5.56 Å². The van der Waals surface area contributed by atoms with Crippen LogP contribution in [-0.4, -0.2) is 33.4 Å². The van der Waals surface area contributed by atoms with Crippen molar-refractivity contribution in [3.8, 4) is 17.2 Å². The number of rotatable bonds is 6. The van der Waals surface area contributed by atoms with E-state index in [1.54, 1.807) is 19.2 Å². The molecule has 0 radical (unpaired) electrons. The van der Waals surface area contributed by atoms with Gasteiger partial charge in [0.15, 0.2) is 18.3 Å². The Morgan fingerprint density at radius 2 is 1.95 bits per heavy atom. The monoisotopic (exact) mass is 293 g/mol. The van der Waals surface area contributed by atoms with Crippen LogP contribution < -0.4 is 19.5 Å². The Morgan fingerprint density at radius 1 is 1.25 bits per heavy atom. The van der Waals surface area contributed by atoms with Crippen LogP contribution in [0.25, 0.3) is 0 Å². The van der Waals surface area contributed by atoms with Crippen molar-refractivity contribution in [3.05, 3.63) is 17.7 Å². The highest BCUT2D eigenvalue weighted by Gasteiger charge is 2.27. The van der Waals surface area contributed by atoms with Crippen molar-refractivity contribution in [2.24, 2.45) is 0 Å². The molecule has 0 amide bonds. The predicted molar refractivity (Wildman–Crippen MR) is 62.8 cm³/mol. The summed E-state index contributed by atoms with van der Waals surface area (Å²) in [5.74, 6) is 1.47. The van der Waals surface area contributed by atoms with Crippen LogP contribution in [0.4, 0.5) is 13.2 Å². The van der Waals surface area contributed by atoms with Gasteiger partial charge < -0.3 is 24.3 Å². The van der Waals surface area contributed by atoms with E-state index in [4.69, 9.17) is 14.2 Å². The van der Waals surface area contributed by atoms with Crippen molar-refractivity contribution in [1.29, 1.82) is 0 Å². The molecular formula is C12H14F3NO4. The van der Waals surface area contributed by atoms with Crippen molar-refractivity contribution in [3.63, 3.8) is 0 Å². The van der Waals surface area contributed by atoms with Gasteiger partial charge in [-0.15, -0.1) is 0 Å². The van der Waals surface area contributed by atoms with Gasteiger partial charge in [-0.25, -0.2) is 0 Å². The van der Waals surface area contributed by atoms with Crippen LogP contribution >= 0.6 is 0 Å². The zero-order valence-electron chi connectivity index (χ0n) is 10.8. The highest BCUT2D eigenvalue weighted by Crippen LogP contribution is 2.38. The van der Waals surface area contributed by atoms with Crippen LogP contribution in [0.1, 0.15) is 5.56 Å². The molecule has 1 aliphatic heterocycles. The summed E-state index contributed by atoms with van der Waals surface area (Å²) < 4.78 is 55.8. The van der Waals surface area contributed by atoms with E-state index < -0.39 is 19.6 Å². The van der Waals surface area contributed by atoms with Gasteiger partial charge in [0.2, 0.25) is 6.79 Å². The predicted octanol–water partition coefficient (Wildman–Crippen LogP) is 2.05. The molecule has 0 atom stereocenters. The first-order chi connectivity index (χ1) is 9.49. The molecule has 0 aliphatic carbocycles. The standard InChI is InChI=1S/C12H14F3NO4/c1-16-4-8-2-10-11(20-7-19-10)3-9(8)18-6-17-5-12(13,14)15/h2-3,16H,4-7H2,1H3. The molecule has 1 aromatic carbocycles. The molecule has 0 saturated carbocycles. The molecule has 8 heteroatoms. The van der Waals surface area contributed by atoms with Gasteiger partial charge in [-0.05, 0) is 13.1 Å². The summed E-state index contributed by atoms with van der Waals surface area (Å²) in [4.78, 5) is 0. The van der Waals surface area contributed by atoms with Crippen molar-refractivity contribution >= 4 is 0 Å². The van der Waals surface area contributed by atoms with Gasteiger partial charge in [0, 0.05) is 18.2 Å². The topological polar surface area (TPSA) is 49.0 Å². The van der Waals surface area contributed by atoms with Crippen molar-refractivity contribution < 1.29 is 32.1 Å². The molecular weight excluding hydrogens is 279 g/mol. The van der Waals surface area contributed by atoms with Crippen LogP contribution in [-0.2, 0) is 11.3 Å². The third kappa shape index (κ3) is 3.91. The first kappa shape index (κ1) is 14.7. The molecule has 1 N–H and O–H groups in total. The van der Waals surface area contributed by atoms with Crippen molar-refractivity contribution in [1.82, 2.24) is 5.32 Å². The summed E-state index contributed by atoms with van der Waals surface area (Å²) in [7, 11) is 1.74. The molecule has 0 aromatic heterocycles. The second-order valence-corrected chi connectivity index (χ2v) is 4.07. The van der Waals surface area contributed by atoms with Crippen LogP contribution in [0.2, 0.25) is 0 Å². The van der Waals surface area contributed by atoms with Crippen LogP contribution in [0.3, 0.4) is 0 Å². The average molecular weight is 293 g/mol. The van der Waals surface area contributed by atoms with Gasteiger partial charge in [0.1, 0.15) is 12.4 Å². The van der Waals surface area contributed by atoms with E-state index in [1.165, 1.54) is 0 Å². The summed E-state index contributed by atoms with van der Waals surface area (Å²) >= 11 is 0. The minimum absolute atomic E-state index is 0.113. The smallest absolute Gasteiger partial charge is 0.411 e. The van der Waals surface area contributed by atoms with Gasteiger partial charge in [0.05, 0.1) is 0 Å². The van der Waals surface area contributed by atoms with E-state index in [9.17, 15) is 13.2 Å². The highest BCUT2D eigenvalue weighted by molar-refractivity contribution is 5.51. The fourth-order valence-electron chi connectivity index (χ4n) is 1.69. The molecule has 0 saturated heterocycles. The molecule has 20 heavy (non-hydrogen) atoms. The van der Waals surface area contributed by atoms with Gasteiger partial charge in [0.25, 0.3) is 0 Å². The van der Waals surface area contributed by atoms with E-state index in [1.807, 2.05) is 0 Å². The molecule has 1 aliphatic rings. The van der Waals surface area contributed by atoms with Crippen LogP contribution in [0.5, 0.6) is 17.2 Å². The third-order valence-corrected chi connectivity index (χ3v) is 2.49. The van der Waals surface area contributed by atoms with Crippen molar-refractivity contribution in [2.45, 2.75) is 12.7 Å². The molecule has 1 aromatic rings. The lowest BCUT2D eigenvalue weighted by molar-refractivity contribution is -0.186. The van der Waals surface area contributed by atoms with Gasteiger partial charge >= 0.3 is 6.18 Å². The number of benzene rings is 1. The zero-order valence-corrected chi connectivity index (χ0v) is 10.8. The number of hydrogen-bond donors (Lipinski definition) is 1. The van der Waals surface area contributed by atoms with E-state index in [-0.39, 0.29) is 6.79 Å². The van der Waals surface area contributed by atoms with Crippen molar-refractivity contribution in [2.75, 3.05) is 27.2 Å². The third-order valence-electron chi connectivity index (χ3n) is 2.49. The van der Waals surface area contributed by atoms with Gasteiger partial charge in [-0.1, -0.05) is 0 Å². The zero-order chi connectivity index (χ0) is 14.6. The maximum Gasteiger partial charge on any atom is 0.411 e. The maximum absolute atomic E-state index is 11.9. The second kappa shape index (κ2) is 6.19. The Balaban J connectivity index is 1.99. The minimum Gasteiger partial charge on any atom is -0.467 e. The Morgan fingerprint density at radius 3 is 2.60 bits per heavy atom. The van der Waals surface area contributed by atoms with Gasteiger partial charge in [-0.2, -0.15) is 13.2 Å². The molecule has 0 unspecified atom stereocenters. The number of hydrogen-bond acceptors (Lipinski definition) is 5. The minimum atomic E-state index is -4.37. The lowest BCUT2D eigenvalue weighted by atomic mass is 10.1. The normalized spacial score (nSPS) is 13.6. The molecule has 1 heterocycles. The fourth-order valence-corrected chi connectivity index (χ4v) is 1.69. The number of alkyl halides is 3. The summed E-state index contributed by atoms with van der Waals surface area (Å²) in [6, 6.07) is 3.30. The largest absolute Gasteiger partial charge is 0.467 e. The number of halogens is 3. The number of nitrogens with one attached hydrogen (secondary N) is 1. The molecule has 0 fully saturated rings. The maximum atomic E-state index is 11.9. The van der Waals surface area contributed by atoms with E-state index in [2.05, 4.69) is 10.1 Å². The quantitative estimate of drug-likeness (QED) is 0.642. The van der Waals surface area contributed by atoms with Gasteiger partial charge in [-0.3, -0.25) is 0 Å². The Bertz CT molecular complexity index is 465. The van der Waals surface area contributed by atoms with Crippen LogP contribution in [0, 0.1) is 0 Å². The Labute approximate surface area is 113 Å². The SMILES string of the molecule is CNCc1cc2c(cc1OCOCC(F)(F)F)OCO2. The Hall–Kier alpha value is -1.67.